The molecule has 7 aromatic rings. The van der Waals surface area contributed by atoms with Crippen molar-refractivity contribution in [3.8, 4) is 22.5 Å². The third kappa shape index (κ3) is 8.12. The molecule has 4 heteroatoms. The molecule has 7 rings (SSSR count). The second-order valence-corrected chi connectivity index (χ2v) is 14.6. The Morgan fingerprint density at radius 1 is 0.688 bits per heavy atom. The van der Waals surface area contributed by atoms with E-state index in [1.165, 1.54) is 32.8 Å². The maximum Gasteiger partial charge on any atom is 0.0766 e. The summed E-state index contributed by atoms with van der Waals surface area (Å²) < 4.78 is 5.73. The predicted molar refractivity (Wildman–Crippen MR) is 198 cm³/mol. The van der Waals surface area contributed by atoms with Gasteiger partial charge in [0.2, 0.25) is 0 Å². The van der Waals surface area contributed by atoms with Gasteiger partial charge in [0.25, 0.3) is 0 Å². The molecule has 1 radical (unpaired) electrons. The van der Waals surface area contributed by atoms with E-state index in [1.807, 2.05) is 18.5 Å². The average Bonchev–Trinajstić information content (AvgIpc) is 3.47. The molecular weight excluding hydrogens is 765 g/mol. The van der Waals surface area contributed by atoms with Crippen LogP contribution in [0.4, 0.5) is 0 Å². The third-order valence-electron chi connectivity index (χ3n) is 8.29. The van der Waals surface area contributed by atoms with Gasteiger partial charge in [0, 0.05) is 32.5 Å². The van der Waals surface area contributed by atoms with Gasteiger partial charge in [0.1, 0.15) is 0 Å². The molecule has 0 saturated heterocycles. The maximum absolute atomic E-state index is 5.73. The fourth-order valence-corrected chi connectivity index (χ4v) is 6.54. The van der Waals surface area contributed by atoms with Crippen molar-refractivity contribution in [1.82, 2.24) is 9.97 Å². The minimum atomic E-state index is 0. The monoisotopic (exact) mass is 809 g/mol. The predicted octanol–water partition coefficient (Wildman–Crippen LogP) is 11.9. The molecular formula is C44H44IrN2O-2. The molecule has 48 heavy (non-hydrogen) atoms. The first-order valence-corrected chi connectivity index (χ1v) is 16.6. The van der Waals surface area contributed by atoms with Gasteiger partial charge in [-0.3, -0.25) is 0 Å². The summed E-state index contributed by atoms with van der Waals surface area (Å²) >= 11 is 0. The Balaban J connectivity index is 0.000000186. The van der Waals surface area contributed by atoms with Gasteiger partial charge in [-0.1, -0.05) is 103 Å². The SMILES string of the molecule is Cc1[c-]c(-c2nccc3cc(CC(C)(C)C)ccc23)c2occc2c1.Cc1[c-]c(-c2nccc3cc(CC(C)C)ccc23)cc(C)c1.[Ir]. The molecule has 3 nitrogen and oxygen atoms in total. The Morgan fingerprint density at radius 2 is 1.31 bits per heavy atom. The Bertz CT molecular complexity index is 2180. The van der Waals surface area contributed by atoms with Crippen LogP contribution in [0.5, 0.6) is 0 Å². The zero-order chi connectivity index (χ0) is 33.3. The molecule has 0 fully saturated rings. The van der Waals surface area contributed by atoms with Gasteiger partial charge in [0.15, 0.2) is 0 Å². The van der Waals surface area contributed by atoms with Crippen molar-refractivity contribution in [2.24, 2.45) is 11.3 Å². The number of hydrogen-bond donors (Lipinski definition) is 0. The molecule has 0 amide bonds. The summed E-state index contributed by atoms with van der Waals surface area (Å²) in [6.45, 7) is 17.6. The van der Waals surface area contributed by atoms with Crippen molar-refractivity contribution in [3.05, 3.63) is 131 Å². The number of aromatic nitrogens is 2. The fourth-order valence-electron chi connectivity index (χ4n) is 6.54. The van der Waals surface area contributed by atoms with Crippen LogP contribution in [0.2, 0.25) is 0 Å². The summed E-state index contributed by atoms with van der Waals surface area (Å²) in [6.07, 6.45) is 7.68. The number of furan rings is 1. The second kappa shape index (κ2) is 14.6. The van der Waals surface area contributed by atoms with Crippen LogP contribution in [0.3, 0.4) is 0 Å². The van der Waals surface area contributed by atoms with Gasteiger partial charge in [-0.15, -0.1) is 52.6 Å². The van der Waals surface area contributed by atoms with Crippen LogP contribution in [0, 0.1) is 44.2 Å². The molecule has 247 valence electrons. The second-order valence-electron chi connectivity index (χ2n) is 14.6. The first-order valence-electron chi connectivity index (χ1n) is 16.6. The van der Waals surface area contributed by atoms with Crippen LogP contribution >= 0.6 is 0 Å². The fraction of sp³-hybridized carbons (Fsp3) is 0.273. The number of pyridine rings is 2. The van der Waals surface area contributed by atoms with Crippen molar-refractivity contribution < 1.29 is 24.5 Å². The van der Waals surface area contributed by atoms with Crippen molar-refractivity contribution >= 4 is 32.5 Å². The topological polar surface area (TPSA) is 38.9 Å². The van der Waals surface area contributed by atoms with Crippen LogP contribution in [-0.4, -0.2) is 9.97 Å². The van der Waals surface area contributed by atoms with Gasteiger partial charge in [-0.25, -0.2) is 0 Å². The van der Waals surface area contributed by atoms with Crippen molar-refractivity contribution in [1.29, 1.82) is 0 Å². The van der Waals surface area contributed by atoms with E-state index < -0.39 is 0 Å². The smallest absolute Gasteiger partial charge is 0.0766 e. The first kappa shape index (κ1) is 35.2. The summed E-state index contributed by atoms with van der Waals surface area (Å²) in [5.74, 6) is 0.673. The number of benzene rings is 4. The van der Waals surface area contributed by atoms with E-state index in [9.17, 15) is 0 Å². The standard InChI is InChI=1S/C23H22NO.C21H22N.Ir/c1-15-11-18-8-10-25-22(18)20(12-15)21-19-6-5-16(14-23(2,3)4)13-17(19)7-9-24-21;1-14(2)9-17-5-6-20-18(13-17)7-8-22-21(20)19-11-15(3)10-16(4)12-19;/h5-11,13H,14H2,1-4H3;5-8,10-11,13-14H,9H2,1-4H3;/q2*-1;. The quantitative estimate of drug-likeness (QED) is 0.163. The molecule has 0 bridgehead atoms. The summed E-state index contributed by atoms with van der Waals surface area (Å²) in [5, 5.41) is 5.91. The van der Waals surface area contributed by atoms with Crippen molar-refractivity contribution in [3.63, 3.8) is 0 Å². The van der Waals surface area contributed by atoms with E-state index in [2.05, 4.69) is 144 Å². The number of fused-ring (bicyclic) bond motifs is 3. The number of hydrogen-bond acceptors (Lipinski definition) is 3. The maximum atomic E-state index is 5.73. The Labute approximate surface area is 299 Å². The molecule has 0 aliphatic heterocycles. The van der Waals surface area contributed by atoms with Gasteiger partial charge < -0.3 is 14.4 Å². The number of rotatable bonds is 5. The molecule has 0 saturated carbocycles. The van der Waals surface area contributed by atoms with Crippen LogP contribution in [0.15, 0.2) is 95.9 Å². The van der Waals surface area contributed by atoms with Crippen molar-refractivity contribution in [2.45, 2.75) is 68.2 Å². The van der Waals surface area contributed by atoms with Gasteiger partial charge in [0.05, 0.1) is 11.8 Å². The molecule has 0 aliphatic rings. The van der Waals surface area contributed by atoms with Gasteiger partial charge in [-0.05, 0) is 86.4 Å². The van der Waals surface area contributed by atoms with Crippen molar-refractivity contribution in [2.75, 3.05) is 0 Å². The summed E-state index contributed by atoms with van der Waals surface area (Å²) in [4.78, 5) is 9.28. The molecule has 4 aromatic carbocycles. The van der Waals surface area contributed by atoms with Crippen LogP contribution in [0.25, 0.3) is 55.0 Å². The summed E-state index contributed by atoms with van der Waals surface area (Å²) in [7, 11) is 0. The molecule has 0 atom stereocenters. The minimum Gasteiger partial charge on any atom is -0.508 e. The Morgan fingerprint density at radius 3 is 1.98 bits per heavy atom. The minimum absolute atomic E-state index is 0. The molecule has 0 N–H and O–H groups in total. The van der Waals surface area contributed by atoms with E-state index in [-0.39, 0.29) is 25.5 Å². The molecule has 0 spiro atoms. The molecule has 3 aromatic heterocycles. The van der Waals surface area contributed by atoms with E-state index in [1.54, 1.807) is 6.26 Å². The van der Waals surface area contributed by atoms with Gasteiger partial charge >= 0.3 is 0 Å². The van der Waals surface area contributed by atoms with E-state index >= 15 is 0 Å². The van der Waals surface area contributed by atoms with Crippen LogP contribution in [0.1, 0.15) is 62.4 Å². The third-order valence-corrected chi connectivity index (χ3v) is 8.29. The number of nitrogens with zero attached hydrogens (tertiary/aromatic N) is 2. The zero-order valence-electron chi connectivity index (χ0n) is 29.3. The summed E-state index contributed by atoms with van der Waals surface area (Å²) in [6, 6.07) is 32.9. The van der Waals surface area contributed by atoms with E-state index in [0.29, 0.717) is 5.92 Å². The molecule has 0 aliphatic carbocycles. The van der Waals surface area contributed by atoms with Gasteiger partial charge in [-0.2, -0.15) is 0 Å². The largest absolute Gasteiger partial charge is 0.508 e. The molecule has 0 unspecified atom stereocenters. The Hall–Kier alpha value is -4.11. The normalized spacial score (nSPS) is 11.5. The average molecular weight is 809 g/mol. The van der Waals surface area contributed by atoms with Crippen LogP contribution in [-0.2, 0) is 32.9 Å². The zero-order valence-corrected chi connectivity index (χ0v) is 31.7. The Kier molecular flexibility index (Phi) is 10.7. The number of aryl methyl sites for hydroxylation is 3. The molecule has 3 heterocycles. The first-order chi connectivity index (χ1) is 22.4. The van der Waals surface area contributed by atoms with E-state index in [0.717, 1.165) is 62.8 Å². The summed E-state index contributed by atoms with van der Waals surface area (Å²) in [5.41, 5.74) is 11.4. The van der Waals surface area contributed by atoms with E-state index in [4.69, 9.17) is 4.42 Å². The van der Waals surface area contributed by atoms with Crippen LogP contribution < -0.4 is 0 Å².